The fourth-order valence-corrected chi connectivity index (χ4v) is 5.85. The monoisotopic (exact) mass is 551 g/mol. The maximum Gasteiger partial charge on any atom is 0.248 e. The molecule has 0 unspecified atom stereocenters. The molecule has 1 aromatic carbocycles. The Bertz CT molecular complexity index is 1200. The Hall–Kier alpha value is -3.40. The molecule has 1 aromatic heterocycles. The van der Waals surface area contributed by atoms with E-state index < -0.39 is 11.3 Å². The average molecular weight is 552 g/mol. The summed E-state index contributed by atoms with van der Waals surface area (Å²) in [7, 11) is 3.30. The molecule has 10 nitrogen and oxygen atoms in total. The Morgan fingerprint density at radius 2 is 1.82 bits per heavy atom. The molecule has 0 radical (unpaired) electrons. The SMILES string of the molecule is CC(C)N1CCCC1.COc1cc(C(N)=O)ccc1Nc1ncc2c(n1)N(C1CCCC1)CC(C)(C)C(=O)N2C. The van der Waals surface area contributed by atoms with Gasteiger partial charge in [-0.1, -0.05) is 12.8 Å². The van der Waals surface area contributed by atoms with Crippen molar-refractivity contribution in [2.75, 3.05) is 48.9 Å². The van der Waals surface area contributed by atoms with E-state index in [9.17, 15) is 9.59 Å². The summed E-state index contributed by atoms with van der Waals surface area (Å²) < 4.78 is 5.41. The van der Waals surface area contributed by atoms with Crippen LogP contribution in [0.4, 0.5) is 23.1 Å². The van der Waals surface area contributed by atoms with Crippen LogP contribution in [0, 0.1) is 5.41 Å². The predicted octanol–water partition coefficient (Wildman–Crippen LogP) is 4.57. The van der Waals surface area contributed by atoms with E-state index >= 15 is 0 Å². The molecule has 2 fully saturated rings. The van der Waals surface area contributed by atoms with Gasteiger partial charge in [-0.05, 0) is 84.7 Å². The molecule has 5 rings (SSSR count). The lowest BCUT2D eigenvalue weighted by atomic mass is 9.91. The number of carbonyl (C=O) groups excluding carboxylic acids is 2. The molecular weight excluding hydrogens is 506 g/mol. The molecule has 2 amide bonds. The van der Waals surface area contributed by atoms with Crippen LogP contribution in [0.3, 0.4) is 0 Å². The number of aromatic nitrogens is 2. The van der Waals surface area contributed by atoms with E-state index in [0.717, 1.165) is 24.7 Å². The molecular formula is C30H45N7O3. The Morgan fingerprint density at radius 3 is 2.40 bits per heavy atom. The molecule has 1 saturated carbocycles. The summed E-state index contributed by atoms with van der Waals surface area (Å²) in [5, 5.41) is 3.19. The van der Waals surface area contributed by atoms with Crippen LogP contribution in [0.2, 0.25) is 0 Å². The third kappa shape index (κ3) is 6.49. The van der Waals surface area contributed by atoms with Crippen LogP contribution in [0.1, 0.15) is 76.6 Å². The number of anilines is 4. The van der Waals surface area contributed by atoms with Gasteiger partial charge in [0.1, 0.15) is 11.4 Å². The Labute approximate surface area is 238 Å². The van der Waals surface area contributed by atoms with E-state index in [1.54, 1.807) is 36.3 Å². The highest BCUT2D eigenvalue weighted by atomic mass is 16.5. The van der Waals surface area contributed by atoms with E-state index in [-0.39, 0.29) is 5.91 Å². The van der Waals surface area contributed by atoms with Crippen molar-refractivity contribution in [2.45, 2.75) is 78.3 Å². The molecule has 3 aliphatic rings. The lowest BCUT2D eigenvalue weighted by Gasteiger charge is -2.34. The number of fused-ring (bicyclic) bond motifs is 1. The first-order valence-electron chi connectivity index (χ1n) is 14.4. The van der Waals surface area contributed by atoms with Gasteiger partial charge in [-0.2, -0.15) is 4.98 Å². The number of methoxy groups -OCH3 is 1. The van der Waals surface area contributed by atoms with Crippen molar-refractivity contribution in [3.63, 3.8) is 0 Å². The zero-order valence-electron chi connectivity index (χ0n) is 24.9. The molecule has 1 aliphatic carbocycles. The van der Waals surface area contributed by atoms with Crippen LogP contribution in [0.25, 0.3) is 0 Å². The number of carbonyl (C=O) groups is 2. The standard InChI is InChI=1S/C23H30N6O3.C7H15N/c1-23(2)13-29(15-7-5-6-8-15)20-17(28(3)21(23)31)12-25-22(27-20)26-16-10-9-14(19(24)30)11-18(16)32-4;1-7(2)8-5-3-4-6-8/h9-12,15H,5-8,13H2,1-4H3,(H2,24,30)(H,25,26,27);7H,3-6H2,1-2H3. The second-order valence-electron chi connectivity index (χ2n) is 12.0. The number of benzene rings is 1. The fraction of sp³-hybridized carbons (Fsp3) is 0.600. The minimum Gasteiger partial charge on any atom is -0.495 e. The first-order chi connectivity index (χ1) is 19.0. The lowest BCUT2D eigenvalue weighted by Crippen LogP contribution is -2.45. The fourth-order valence-electron chi connectivity index (χ4n) is 5.85. The Kier molecular flexibility index (Phi) is 9.18. The van der Waals surface area contributed by atoms with E-state index in [2.05, 4.69) is 33.9 Å². The summed E-state index contributed by atoms with van der Waals surface area (Å²) in [6, 6.07) is 6.03. The van der Waals surface area contributed by atoms with E-state index in [1.807, 2.05) is 13.8 Å². The summed E-state index contributed by atoms with van der Waals surface area (Å²) in [5.41, 5.74) is 6.50. The number of amides is 2. The van der Waals surface area contributed by atoms with Crippen LogP contribution >= 0.6 is 0 Å². The topological polar surface area (TPSA) is 117 Å². The van der Waals surface area contributed by atoms with Crippen LogP contribution in [-0.4, -0.2) is 72.6 Å². The van der Waals surface area contributed by atoms with Gasteiger partial charge < -0.3 is 30.5 Å². The van der Waals surface area contributed by atoms with Gasteiger partial charge in [0.05, 0.1) is 24.4 Å². The van der Waals surface area contributed by atoms with Gasteiger partial charge in [-0.25, -0.2) is 4.98 Å². The second kappa shape index (κ2) is 12.4. The van der Waals surface area contributed by atoms with Gasteiger partial charge in [0.15, 0.2) is 5.82 Å². The molecule has 2 aromatic rings. The third-order valence-electron chi connectivity index (χ3n) is 8.20. The van der Waals surface area contributed by atoms with Crippen molar-refractivity contribution in [2.24, 2.45) is 11.1 Å². The molecule has 10 heteroatoms. The van der Waals surface area contributed by atoms with Crippen LogP contribution in [0.15, 0.2) is 24.4 Å². The number of nitrogens with one attached hydrogen (secondary N) is 1. The van der Waals surface area contributed by atoms with Gasteiger partial charge >= 0.3 is 0 Å². The van der Waals surface area contributed by atoms with E-state index in [1.165, 1.54) is 45.9 Å². The van der Waals surface area contributed by atoms with Crippen molar-refractivity contribution < 1.29 is 14.3 Å². The van der Waals surface area contributed by atoms with Gasteiger partial charge in [0.2, 0.25) is 17.8 Å². The number of hydrogen-bond donors (Lipinski definition) is 2. The van der Waals surface area contributed by atoms with Crippen molar-refractivity contribution in [1.29, 1.82) is 0 Å². The zero-order chi connectivity index (χ0) is 29.0. The summed E-state index contributed by atoms with van der Waals surface area (Å²) in [6.07, 6.45) is 9.05. The van der Waals surface area contributed by atoms with Crippen molar-refractivity contribution in [3.8, 4) is 5.75 Å². The highest BCUT2D eigenvalue weighted by Crippen LogP contribution is 2.40. The highest BCUT2D eigenvalue weighted by molar-refractivity contribution is 6.01. The maximum absolute atomic E-state index is 13.1. The first-order valence-corrected chi connectivity index (χ1v) is 14.4. The number of likely N-dealkylation sites (tertiary alicyclic amines) is 1. The van der Waals surface area contributed by atoms with Crippen molar-refractivity contribution in [3.05, 3.63) is 30.0 Å². The molecule has 1 saturated heterocycles. The number of primary amides is 1. The van der Waals surface area contributed by atoms with E-state index in [0.29, 0.717) is 41.2 Å². The van der Waals surface area contributed by atoms with Gasteiger partial charge in [0, 0.05) is 31.2 Å². The number of ether oxygens (including phenoxy) is 1. The normalized spacial score (nSPS) is 19.2. The molecule has 0 bridgehead atoms. The Balaban J connectivity index is 0.000000398. The predicted molar refractivity (Wildman–Crippen MR) is 160 cm³/mol. The van der Waals surface area contributed by atoms with Gasteiger partial charge in [0.25, 0.3) is 0 Å². The lowest BCUT2D eigenvalue weighted by molar-refractivity contribution is -0.125. The molecule has 0 atom stereocenters. The van der Waals surface area contributed by atoms with Crippen LogP contribution in [0.5, 0.6) is 5.75 Å². The molecule has 0 spiro atoms. The smallest absolute Gasteiger partial charge is 0.248 e. The molecule has 40 heavy (non-hydrogen) atoms. The Morgan fingerprint density at radius 1 is 1.15 bits per heavy atom. The zero-order valence-corrected chi connectivity index (χ0v) is 24.9. The minimum absolute atomic E-state index is 0.0484. The van der Waals surface area contributed by atoms with Crippen molar-refractivity contribution in [1.82, 2.24) is 14.9 Å². The summed E-state index contributed by atoms with van der Waals surface area (Å²) in [5.74, 6) is 1.12. The number of nitrogens with two attached hydrogens (primary N) is 1. The van der Waals surface area contributed by atoms with Crippen LogP contribution in [-0.2, 0) is 4.79 Å². The summed E-state index contributed by atoms with van der Waals surface area (Å²) >= 11 is 0. The number of rotatable bonds is 6. The average Bonchev–Trinajstić information content (AvgIpc) is 3.65. The first kappa shape index (κ1) is 29.6. The molecule has 3 N–H and O–H groups in total. The number of hydrogen-bond acceptors (Lipinski definition) is 8. The second-order valence-corrected chi connectivity index (χ2v) is 12.0. The molecule has 3 heterocycles. The van der Waals surface area contributed by atoms with Gasteiger partial charge in [-0.15, -0.1) is 0 Å². The van der Waals surface area contributed by atoms with Crippen LogP contribution < -0.4 is 25.6 Å². The van der Waals surface area contributed by atoms with Crippen molar-refractivity contribution >= 4 is 35.0 Å². The highest BCUT2D eigenvalue weighted by Gasteiger charge is 2.41. The molecule has 2 aliphatic heterocycles. The quantitative estimate of drug-likeness (QED) is 0.536. The maximum atomic E-state index is 13.1. The van der Waals surface area contributed by atoms with Gasteiger partial charge in [-0.3, -0.25) is 9.59 Å². The summed E-state index contributed by atoms with van der Waals surface area (Å²) in [6.45, 7) is 11.8. The third-order valence-corrected chi connectivity index (χ3v) is 8.20. The number of nitrogens with zero attached hydrogens (tertiary/aromatic N) is 5. The minimum atomic E-state index is -0.542. The largest absolute Gasteiger partial charge is 0.495 e. The summed E-state index contributed by atoms with van der Waals surface area (Å²) in [4.78, 5) is 40.4. The molecule has 218 valence electrons. The van der Waals surface area contributed by atoms with E-state index in [4.69, 9.17) is 15.5 Å².